The maximum atomic E-state index is 13.1. The first-order chi connectivity index (χ1) is 9.73. The second kappa shape index (κ2) is 6.87. The van der Waals surface area contributed by atoms with Gasteiger partial charge in [0.25, 0.3) is 0 Å². The first kappa shape index (κ1) is 19.4. The van der Waals surface area contributed by atoms with Crippen molar-refractivity contribution in [1.82, 2.24) is 4.31 Å². The third kappa shape index (κ3) is 2.92. The van der Waals surface area contributed by atoms with E-state index in [1.807, 2.05) is 27.7 Å². The summed E-state index contributed by atoms with van der Waals surface area (Å²) in [6.45, 7) is 10.8. The van der Waals surface area contributed by atoms with Gasteiger partial charge in [0, 0.05) is 19.1 Å². The zero-order valence-electron chi connectivity index (χ0n) is 14.1. The average molecular weight is 347 g/mol. The van der Waals surface area contributed by atoms with Crippen molar-refractivity contribution in [3.8, 4) is 0 Å². The number of benzene rings is 1. The molecule has 1 unspecified atom stereocenters. The summed E-state index contributed by atoms with van der Waals surface area (Å²) in [6, 6.07) is -0.0595. The van der Waals surface area contributed by atoms with Gasteiger partial charge in [0.2, 0.25) is 10.0 Å². The zero-order chi connectivity index (χ0) is 15.9. The first-order valence-electron chi connectivity index (χ1n) is 7.52. The van der Waals surface area contributed by atoms with E-state index in [9.17, 15) is 8.42 Å². The fourth-order valence-electron chi connectivity index (χ4n) is 3.33. The van der Waals surface area contributed by atoms with Gasteiger partial charge in [-0.1, -0.05) is 0 Å². The topological polar surface area (TPSA) is 63.4 Å². The normalized spacial score (nSPS) is 19.3. The van der Waals surface area contributed by atoms with Crippen molar-refractivity contribution >= 4 is 22.4 Å². The zero-order valence-corrected chi connectivity index (χ0v) is 15.7. The largest absolute Gasteiger partial charge is 0.329 e. The fourth-order valence-corrected chi connectivity index (χ4v) is 5.60. The maximum absolute atomic E-state index is 13.1. The van der Waals surface area contributed by atoms with E-state index in [-0.39, 0.29) is 18.4 Å². The lowest BCUT2D eigenvalue weighted by molar-refractivity contribution is 0.392. The second-order valence-electron chi connectivity index (χ2n) is 6.10. The van der Waals surface area contributed by atoms with Crippen LogP contribution in [0.1, 0.15) is 40.7 Å². The molecule has 1 fully saturated rings. The molecule has 6 heteroatoms. The van der Waals surface area contributed by atoms with E-state index < -0.39 is 10.0 Å². The van der Waals surface area contributed by atoms with E-state index >= 15 is 0 Å². The molecular weight excluding hydrogens is 320 g/mol. The number of nitrogens with zero attached hydrogens (tertiary/aromatic N) is 1. The number of rotatable bonds is 3. The van der Waals surface area contributed by atoms with Crippen molar-refractivity contribution in [3.63, 3.8) is 0 Å². The van der Waals surface area contributed by atoms with Gasteiger partial charge in [-0.3, -0.25) is 0 Å². The van der Waals surface area contributed by atoms with Gasteiger partial charge in [0.15, 0.2) is 0 Å². The molecule has 0 amide bonds. The van der Waals surface area contributed by atoms with Crippen LogP contribution in [0, 0.1) is 34.6 Å². The highest BCUT2D eigenvalue weighted by Crippen LogP contribution is 2.34. The highest BCUT2D eigenvalue weighted by Gasteiger charge is 2.36. The van der Waals surface area contributed by atoms with Crippen LogP contribution in [0.15, 0.2) is 4.90 Å². The minimum Gasteiger partial charge on any atom is -0.329 e. The number of halogens is 1. The van der Waals surface area contributed by atoms with Crippen LogP contribution in [0.5, 0.6) is 0 Å². The fraction of sp³-hybridized carbons (Fsp3) is 0.625. The van der Waals surface area contributed by atoms with E-state index in [0.29, 0.717) is 18.0 Å². The van der Waals surface area contributed by atoms with Crippen LogP contribution < -0.4 is 5.73 Å². The van der Waals surface area contributed by atoms with E-state index in [4.69, 9.17) is 5.73 Å². The lowest BCUT2D eigenvalue weighted by atomic mass is 9.95. The summed E-state index contributed by atoms with van der Waals surface area (Å²) in [5.74, 6) is 0. The molecular formula is C16H27ClN2O2S. The molecule has 1 atom stereocenters. The molecule has 2 N–H and O–H groups in total. The maximum Gasteiger partial charge on any atom is 0.243 e. The first-order valence-corrected chi connectivity index (χ1v) is 8.96. The molecule has 1 aromatic carbocycles. The van der Waals surface area contributed by atoms with Crippen molar-refractivity contribution in [3.05, 3.63) is 27.8 Å². The Hall–Kier alpha value is -0.620. The van der Waals surface area contributed by atoms with Gasteiger partial charge >= 0.3 is 0 Å². The number of nitrogens with two attached hydrogens (primary N) is 1. The average Bonchev–Trinajstić information content (AvgIpc) is 2.92. The van der Waals surface area contributed by atoms with Crippen molar-refractivity contribution < 1.29 is 8.42 Å². The summed E-state index contributed by atoms with van der Waals surface area (Å²) >= 11 is 0. The molecule has 2 rings (SSSR count). The summed E-state index contributed by atoms with van der Waals surface area (Å²) in [5.41, 5.74) is 10.8. The van der Waals surface area contributed by atoms with Gasteiger partial charge in [-0.15, -0.1) is 12.4 Å². The van der Waals surface area contributed by atoms with Crippen molar-refractivity contribution in [2.45, 2.75) is 58.4 Å². The van der Waals surface area contributed by atoms with E-state index in [1.54, 1.807) is 4.31 Å². The minimum atomic E-state index is -3.47. The Morgan fingerprint density at radius 1 is 1.00 bits per heavy atom. The highest BCUT2D eigenvalue weighted by molar-refractivity contribution is 7.89. The predicted molar refractivity (Wildman–Crippen MR) is 93.3 cm³/mol. The quantitative estimate of drug-likeness (QED) is 0.915. The minimum absolute atomic E-state index is 0. The summed E-state index contributed by atoms with van der Waals surface area (Å²) in [7, 11) is -3.47. The molecule has 22 heavy (non-hydrogen) atoms. The summed E-state index contributed by atoms with van der Waals surface area (Å²) in [4.78, 5) is 0.489. The van der Waals surface area contributed by atoms with Gasteiger partial charge in [-0.05, 0) is 75.3 Å². The van der Waals surface area contributed by atoms with Crippen LogP contribution in [-0.4, -0.2) is 31.9 Å². The molecule has 0 aliphatic carbocycles. The van der Waals surface area contributed by atoms with Crippen LogP contribution in [0.4, 0.5) is 0 Å². The third-order valence-corrected chi connectivity index (χ3v) is 7.32. The Kier molecular flexibility index (Phi) is 6.07. The molecule has 1 aromatic rings. The Balaban J connectivity index is 0.00000242. The van der Waals surface area contributed by atoms with Gasteiger partial charge in [0.05, 0.1) is 4.90 Å². The Morgan fingerprint density at radius 2 is 1.45 bits per heavy atom. The van der Waals surface area contributed by atoms with Crippen LogP contribution in [0.25, 0.3) is 0 Å². The summed E-state index contributed by atoms with van der Waals surface area (Å²) < 4.78 is 27.9. The van der Waals surface area contributed by atoms with Gasteiger partial charge in [0.1, 0.15) is 0 Å². The number of sulfonamides is 1. The SMILES string of the molecule is Cc1c(C)c(C)c(S(=O)(=O)N2CCCC2CN)c(C)c1C.Cl. The lowest BCUT2D eigenvalue weighted by Gasteiger charge is -2.26. The molecule has 0 spiro atoms. The van der Waals surface area contributed by atoms with E-state index in [2.05, 4.69) is 6.92 Å². The third-order valence-electron chi connectivity index (χ3n) is 5.09. The predicted octanol–water partition coefficient (Wildman–Crippen LogP) is 2.76. The Morgan fingerprint density at radius 3 is 1.91 bits per heavy atom. The standard InChI is InChI=1S/C16H26N2O2S.ClH/c1-10-11(2)13(4)16(14(5)12(10)3)21(19,20)18-8-6-7-15(18)9-17;/h15H,6-9,17H2,1-5H3;1H. The smallest absolute Gasteiger partial charge is 0.243 e. The van der Waals surface area contributed by atoms with Gasteiger partial charge in [-0.2, -0.15) is 4.31 Å². The molecule has 0 radical (unpaired) electrons. The molecule has 1 heterocycles. The van der Waals surface area contributed by atoms with Crippen LogP contribution in [0.3, 0.4) is 0 Å². The monoisotopic (exact) mass is 346 g/mol. The van der Waals surface area contributed by atoms with Crippen molar-refractivity contribution in [1.29, 1.82) is 0 Å². The molecule has 126 valence electrons. The molecule has 0 saturated carbocycles. The van der Waals surface area contributed by atoms with Gasteiger partial charge in [-0.25, -0.2) is 8.42 Å². The highest BCUT2D eigenvalue weighted by atomic mass is 35.5. The Bertz CT molecular complexity index is 642. The number of hydrogen-bond donors (Lipinski definition) is 1. The number of hydrogen-bond acceptors (Lipinski definition) is 3. The van der Waals surface area contributed by atoms with Crippen molar-refractivity contribution in [2.24, 2.45) is 5.73 Å². The van der Waals surface area contributed by atoms with E-state index in [0.717, 1.165) is 35.1 Å². The molecule has 1 saturated heterocycles. The van der Waals surface area contributed by atoms with E-state index in [1.165, 1.54) is 5.56 Å². The molecule has 1 aliphatic heterocycles. The Labute approximate surface area is 140 Å². The van der Waals surface area contributed by atoms with Crippen molar-refractivity contribution in [2.75, 3.05) is 13.1 Å². The van der Waals surface area contributed by atoms with Crippen LogP contribution >= 0.6 is 12.4 Å². The van der Waals surface area contributed by atoms with Crippen LogP contribution in [-0.2, 0) is 10.0 Å². The summed E-state index contributed by atoms with van der Waals surface area (Å²) in [5, 5.41) is 0. The molecule has 0 bridgehead atoms. The molecule has 4 nitrogen and oxygen atoms in total. The van der Waals surface area contributed by atoms with Crippen LogP contribution in [0.2, 0.25) is 0 Å². The molecule has 1 aliphatic rings. The van der Waals surface area contributed by atoms with Gasteiger partial charge < -0.3 is 5.73 Å². The lowest BCUT2D eigenvalue weighted by Crippen LogP contribution is -2.40. The summed E-state index contributed by atoms with van der Waals surface area (Å²) in [6.07, 6.45) is 1.75. The second-order valence-corrected chi connectivity index (χ2v) is 7.93. The molecule has 0 aromatic heterocycles.